The van der Waals surface area contributed by atoms with Crippen LogP contribution in [0.15, 0.2) is 53.4 Å². The zero-order valence-corrected chi connectivity index (χ0v) is 15.9. The van der Waals surface area contributed by atoms with E-state index in [1.165, 1.54) is 37.1 Å². The van der Waals surface area contributed by atoms with Gasteiger partial charge in [-0.2, -0.15) is 5.26 Å². The van der Waals surface area contributed by atoms with E-state index in [1.54, 1.807) is 36.4 Å². The van der Waals surface area contributed by atoms with Crippen LogP contribution in [0.3, 0.4) is 0 Å². The van der Waals surface area contributed by atoms with Crippen molar-refractivity contribution in [3.63, 3.8) is 0 Å². The van der Waals surface area contributed by atoms with Crippen molar-refractivity contribution in [3.8, 4) is 17.6 Å². The van der Waals surface area contributed by atoms with E-state index in [0.29, 0.717) is 11.3 Å². The molecule has 2 N–H and O–H groups in total. The van der Waals surface area contributed by atoms with E-state index in [0.717, 1.165) is 4.90 Å². The van der Waals surface area contributed by atoms with E-state index in [1.807, 2.05) is 6.07 Å². The molecule has 2 aromatic carbocycles. The minimum Gasteiger partial charge on any atom is -0.504 e. The number of thioether (sulfide) groups is 1. The fourth-order valence-corrected chi connectivity index (χ4v) is 2.81. The van der Waals surface area contributed by atoms with Crippen molar-refractivity contribution in [2.45, 2.75) is 4.90 Å². The number of amides is 1. The van der Waals surface area contributed by atoms with Crippen molar-refractivity contribution in [3.05, 3.63) is 54.1 Å². The average Bonchev–Trinajstić information content (AvgIpc) is 2.71. The highest BCUT2D eigenvalue weighted by Crippen LogP contribution is 2.27. The first-order valence-corrected chi connectivity index (χ1v) is 9.12. The summed E-state index contributed by atoms with van der Waals surface area (Å²) in [5.74, 6) is -0.642. The fourth-order valence-electron chi connectivity index (χ4n) is 2.14. The quantitative estimate of drug-likeness (QED) is 0.399. The molecule has 0 fully saturated rings. The summed E-state index contributed by atoms with van der Waals surface area (Å²) in [6, 6.07) is 13.7. The Morgan fingerprint density at radius 3 is 2.82 bits per heavy atom. The van der Waals surface area contributed by atoms with Gasteiger partial charge in [0.1, 0.15) is 0 Å². The molecule has 2 aromatic rings. The number of aromatic hydroxyl groups is 1. The highest BCUT2D eigenvalue weighted by atomic mass is 32.2. The Balaban J connectivity index is 1.87. The van der Waals surface area contributed by atoms with Gasteiger partial charge in [0.15, 0.2) is 18.1 Å². The number of nitrogens with one attached hydrogen (secondary N) is 1. The van der Waals surface area contributed by atoms with Crippen LogP contribution >= 0.6 is 11.8 Å². The number of nitriles is 1. The standard InChI is InChI=1S/C20H18N2O5S/c1-26-17-12-14(6-8-16(17)23)7-9-20(25)27-13-19(24)22-15-4-2-3-5-18(15)28-11-10-21/h2-9,12,23H,11,13H2,1H3,(H,22,24)/b9-7+. The number of hydrogen-bond acceptors (Lipinski definition) is 7. The summed E-state index contributed by atoms with van der Waals surface area (Å²) < 4.78 is 9.91. The maximum atomic E-state index is 12.0. The topological polar surface area (TPSA) is 109 Å². The maximum Gasteiger partial charge on any atom is 0.331 e. The summed E-state index contributed by atoms with van der Waals surface area (Å²) in [4.78, 5) is 24.6. The molecular weight excluding hydrogens is 380 g/mol. The van der Waals surface area contributed by atoms with E-state index in [4.69, 9.17) is 14.7 Å². The molecule has 0 bridgehead atoms. The van der Waals surface area contributed by atoms with Crippen LogP contribution in [-0.4, -0.2) is 36.5 Å². The average molecular weight is 398 g/mol. The Labute approximate surface area is 166 Å². The molecule has 0 aliphatic rings. The van der Waals surface area contributed by atoms with Crippen molar-refractivity contribution in [1.29, 1.82) is 5.26 Å². The zero-order chi connectivity index (χ0) is 20.4. The van der Waals surface area contributed by atoms with Gasteiger partial charge in [-0.25, -0.2) is 4.79 Å². The Bertz CT molecular complexity index is 921. The van der Waals surface area contributed by atoms with Crippen LogP contribution in [-0.2, 0) is 14.3 Å². The van der Waals surface area contributed by atoms with Gasteiger partial charge in [-0.3, -0.25) is 4.79 Å². The minimum atomic E-state index is -0.686. The van der Waals surface area contributed by atoms with Crippen molar-refractivity contribution in [2.24, 2.45) is 0 Å². The summed E-state index contributed by atoms with van der Waals surface area (Å²) >= 11 is 1.30. The lowest BCUT2D eigenvalue weighted by Gasteiger charge is -2.09. The Kier molecular flexibility index (Phi) is 7.93. The minimum absolute atomic E-state index is 0.00730. The van der Waals surface area contributed by atoms with E-state index < -0.39 is 18.5 Å². The smallest absolute Gasteiger partial charge is 0.331 e. The van der Waals surface area contributed by atoms with Gasteiger partial charge in [0.25, 0.3) is 5.91 Å². The van der Waals surface area contributed by atoms with Crippen LogP contribution in [0, 0.1) is 11.3 Å². The largest absolute Gasteiger partial charge is 0.504 e. The van der Waals surface area contributed by atoms with Gasteiger partial charge in [-0.15, -0.1) is 11.8 Å². The fraction of sp³-hybridized carbons (Fsp3) is 0.150. The molecule has 0 aliphatic carbocycles. The highest BCUT2D eigenvalue weighted by Gasteiger charge is 2.09. The molecule has 8 heteroatoms. The number of ether oxygens (including phenoxy) is 2. The number of rotatable bonds is 8. The third kappa shape index (κ3) is 6.37. The number of phenols is 1. The van der Waals surface area contributed by atoms with Crippen LogP contribution in [0.5, 0.6) is 11.5 Å². The van der Waals surface area contributed by atoms with Crippen LogP contribution in [0.4, 0.5) is 5.69 Å². The molecule has 144 valence electrons. The van der Waals surface area contributed by atoms with Crippen LogP contribution < -0.4 is 10.1 Å². The van der Waals surface area contributed by atoms with E-state index in [9.17, 15) is 14.7 Å². The number of anilines is 1. The van der Waals surface area contributed by atoms with Crippen molar-refractivity contribution in [2.75, 3.05) is 24.8 Å². The molecule has 0 atom stereocenters. The monoisotopic (exact) mass is 398 g/mol. The molecule has 1 amide bonds. The first-order valence-electron chi connectivity index (χ1n) is 8.14. The molecule has 0 aromatic heterocycles. The number of benzene rings is 2. The molecule has 28 heavy (non-hydrogen) atoms. The lowest BCUT2D eigenvalue weighted by atomic mass is 10.2. The number of methoxy groups -OCH3 is 1. The Morgan fingerprint density at radius 1 is 1.29 bits per heavy atom. The maximum absolute atomic E-state index is 12.0. The second-order valence-electron chi connectivity index (χ2n) is 5.36. The van der Waals surface area contributed by atoms with E-state index >= 15 is 0 Å². The summed E-state index contributed by atoms with van der Waals surface area (Å²) in [6.45, 7) is -0.445. The summed E-state index contributed by atoms with van der Waals surface area (Å²) in [5.41, 5.74) is 1.18. The summed E-state index contributed by atoms with van der Waals surface area (Å²) in [7, 11) is 1.42. The molecule has 0 saturated carbocycles. The highest BCUT2D eigenvalue weighted by molar-refractivity contribution is 7.99. The van der Waals surface area contributed by atoms with Gasteiger partial charge in [-0.1, -0.05) is 18.2 Å². The summed E-state index contributed by atoms with van der Waals surface area (Å²) in [6.07, 6.45) is 2.66. The van der Waals surface area contributed by atoms with Gasteiger partial charge >= 0.3 is 5.97 Å². The summed E-state index contributed by atoms with van der Waals surface area (Å²) in [5, 5.41) is 20.9. The number of hydrogen-bond donors (Lipinski definition) is 2. The van der Waals surface area contributed by atoms with Crippen LogP contribution in [0.25, 0.3) is 6.08 Å². The van der Waals surface area contributed by atoms with E-state index in [-0.39, 0.29) is 17.3 Å². The number of nitrogens with zero attached hydrogens (tertiary/aromatic N) is 1. The first kappa shape index (κ1) is 20.9. The van der Waals surface area contributed by atoms with Gasteiger partial charge in [-0.05, 0) is 35.9 Å². The first-order chi connectivity index (χ1) is 13.5. The normalized spacial score (nSPS) is 10.3. The van der Waals surface area contributed by atoms with Crippen molar-refractivity contribution < 1.29 is 24.2 Å². The Morgan fingerprint density at radius 2 is 2.07 bits per heavy atom. The number of esters is 1. The molecule has 2 rings (SSSR count). The number of carbonyl (C=O) groups excluding carboxylic acids is 2. The second kappa shape index (κ2) is 10.6. The molecular formula is C20H18N2O5S. The van der Waals surface area contributed by atoms with Crippen molar-refractivity contribution in [1.82, 2.24) is 0 Å². The SMILES string of the molecule is COc1cc(/C=C/C(=O)OCC(=O)Nc2ccccc2SCC#N)ccc1O. The lowest BCUT2D eigenvalue weighted by Crippen LogP contribution is -2.20. The third-order valence-electron chi connectivity index (χ3n) is 3.41. The number of carbonyl (C=O) groups is 2. The van der Waals surface area contributed by atoms with E-state index in [2.05, 4.69) is 5.32 Å². The zero-order valence-electron chi connectivity index (χ0n) is 15.0. The van der Waals surface area contributed by atoms with Crippen LogP contribution in [0.2, 0.25) is 0 Å². The molecule has 0 saturated heterocycles. The number of phenolic OH excluding ortho intramolecular Hbond substituents is 1. The van der Waals surface area contributed by atoms with Gasteiger partial charge < -0.3 is 19.9 Å². The molecule has 0 radical (unpaired) electrons. The van der Waals surface area contributed by atoms with Gasteiger partial charge in [0.2, 0.25) is 0 Å². The van der Waals surface area contributed by atoms with Crippen molar-refractivity contribution >= 4 is 35.4 Å². The number of para-hydroxylation sites is 1. The molecule has 0 unspecified atom stereocenters. The molecule has 0 aliphatic heterocycles. The van der Waals surface area contributed by atoms with Gasteiger partial charge in [0, 0.05) is 11.0 Å². The second-order valence-corrected chi connectivity index (χ2v) is 6.38. The van der Waals surface area contributed by atoms with Gasteiger partial charge in [0.05, 0.1) is 24.6 Å². The molecule has 0 spiro atoms. The molecule has 0 heterocycles. The van der Waals surface area contributed by atoms with Crippen LogP contribution in [0.1, 0.15) is 5.56 Å². The predicted molar refractivity (Wildman–Crippen MR) is 106 cm³/mol. The lowest BCUT2D eigenvalue weighted by molar-refractivity contribution is -0.142. The Hall–Kier alpha value is -3.44. The molecule has 7 nitrogen and oxygen atoms in total. The predicted octanol–water partition coefficient (Wildman–Crippen LogP) is 3.21. The third-order valence-corrected chi connectivity index (χ3v) is 4.35.